The first-order valence-electron chi connectivity index (χ1n) is 5.59. The number of carboxylic acids is 1. The Bertz CT molecular complexity index is 622. The second-order valence-corrected chi connectivity index (χ2v) is 4.08. The van der Waals surface area contributed by atoms with Gasteiger partial charge in [-0.05, 0) is 17.7 Å². The minimum atomic E-state index is -0.978. The second kappa shape index (κ2) is 5.09. The van der Waals surface area contributed by atoms with E-state index in [9.17, 15) is 9.18 Å². The molecule has 1 heterocycles. The van der Waals surface area contributed by atoms with Crippen LogP contribution in [0.4, 0.5) is 4.39 Å². The number of rotatable bonds is 4. The molecule has 6 heteroatoms. The van der Waals surface area contributed by atoms with Crippen molar-refractivity contribution in [3.63, 3.8) is 0 Å². The van der Waals surface area contributed by atoms with Crippen LogP contribution in [0.15, 0.2) is 24.4 Å². The zero-order valence-electron chi connectivity index (χ0n) is 10.6. The molecule has 0 unspecified atom stereocenters. The van der Waals surface area contributed by atoms with Crippen LogP contribution < -0.4 is 4.74 Å². The first kappa shape index (κ1) is 13.1. The first-order valence-corrected chi connectivity index (χ1v) is 5.59. The summed E-state index contributed by atoms with van der Waals surface area (Å²) in [6, 6.07) is 4.48. The Morgan fingerprint density at radius 2 is 2.26 bits per heavy atom. The fourth-order valence-electron chi connectivity index (χ4n) is 1.88. The van der Waals surface area contributed by atoms with Gasteiger partial charge >= 0.3 is 5.97 Å². The van der Waals surface area contributed by atoms with Crippen LogP contribution in [0.1, 0.15) is 5.69 Å². The molecule has 0 aliphatic rings. The second-order valence-electron chi connectivity index (χ2n) is 4.08. The lowest BCUT2D eigenvalue weighted by Crippen LogP contribution is -2.02. The highest BCUT2D eigenvalue weighted by atomic mass is 19.1. The molecule has 0 aliphatic heterocycles. The maximum absolute atomic E-state index is 13.7. The number of halogens is 1. The summed E-state index contributed by atoms with van der Waals surface area (Å²) in [5, 5.41) is 12.9. The van der Waals surface area contributed by atoms with Gasteiger partial charge in [0.1, 0.15) is 0 Å². The van der Waals surface area contributed by atoms with Crippen LogP contribution >= 0.6 is 0 Å². The number of hydrogen-bond acceptors (Lipinski definition) is 3. The first-order chi connectivity index (χ1) is 9.01. The average molecular weight is 264 g/mol. The summed E-state index contributed by atoms with van der Waals surface area (Å²) in [6.07, 6.45) is 1.46. The third-order valence-electron chi connectivity index (χ3n) is 2.69. The van der Waals surface area contributed by atoms with E-state index in [0.29, 0.717) is 16.8 Å². The standard InChI is InChI=1S/C13H13FN2O3/c1-16-7-9(11(15-16)6-13(17)18)8-3-4-12(19-2)10(14)5-8/h3-5,7H,6H2,1-2H3,(H,17,18). The van der Waals surface area contributed by atoms with E-state index in [1.165, 1.54) is 23.9 Å². The molecule has 0 atom stereocenters. The quantitative estimate of drug-likeness (QED) is 0.915. The lowest BCUT2D eigenvalue weighted by atomic mass is 10.0. The minimum absolute atomic E-state index is 0.146. The van der Waals surface area contributed by atoms with Crippen LogP contribution in [0.3, 0.4) is 0 Å². The van der Waals surface area contributed by atoms with Gasteiger partial charge < -0.3 is 9.84 Å². The van der Waals surface area contributed by atoms with Gasteiger partial charge in [0.2, 0.25) is 0 Å². The third kappa shape index (κ3) is 2.73. The van der Waals surface area contributed by atoms with E-state index < -0.39 is 11.8 Å². The molecule has 2 rings (SSSR count). The molecule has 5 nitrogen and oxygen atoms in total. The van der Waals surface area contributed by atoms with E-state index in [2.05, 4.69) is 5.10 Å². The Hall–Kier alpha value is -2.37. The molecule has 0 radical (unpaired) electrons. The van der Waals surface area contributed by atoms with Crippen molar-refractivity contribution in [1.29, 1.82) is 0 Å². The molecule has 2 aromatic rings. The molecular formula is C13H13FN2O3. The van der Waals surface area contributed by atoms with Crippen molar-refractivity contribution in [1.82, 2.24) is 9.78 Å². The van der Waals surface area contributed by atoms with E-state index >= 15 is 0 Å². The number of aliphatic carboxylic acids is 1. The SMILES string of the molecule is COc1ccc(-c2cn(C)nc2CC(=O)O)cc1F. The molecule has 1 aromatic carbocycles. The summed E-state index contributed by atoms with van der Waals surface area (Å²) in [6.45, 7) is 0. The zero-order chi connectivity index (χ0) is 14.0. The van der Waals surface area contributed by atoms with Gasteiger partial charge in [-0.25, -0.2) is 4.39 Å². The van der Waals surface area contributed by atoms with Gasteiger partial charge in [-0.1, -0.05) is 6.07 Å². The van der Waals surface area contributed by atoms with Gasteiger partial charge in [0.05, 0.1) is 19.2 Å². The van der Waals surface area contributed by atoms with Crippen molar-refractivity contribution in [2.45, 2.75) is 6.42 Å². The lowest BCUT2D eigenvalue weighted by Gasteiger charge is -2.04. The fraction of sp³-hybridized carbons (Fsp3) is 0.231. The van der Waals surface area contributed by atoms with E-state index in [1.54, 1.807) is 19.3 Å². The number of aromatic nitrogens is 2. The number of ether oxygens (including phenoxy) is 1. The molecule has 19 heavy (non-hydrogen) atoms. The Morgan fingerprint density at radius 3 is 2.84 bits per heavy atom. The van der Waals surface area contributed by atoms with Crippen LogP contribution in [0, 0.1) is 5.82 Å². The van der Waals surface area contributed by atoms with Crippen molar-refractivity contribution >= 4 is 5.97 Å². The Labute approximate surface area is 109 Å². The van der Waals surface area contributed by atoms with Gasteiger partial charge in [0.15, 0.2) is 11.6 Å². The van der Waals surface area contributed by atoms with Crippen molar-refractivity contribution in [2.24, 2.45) is 7.05 Å². The maximum Gasteiger partial charge on any atom is 0.309 e. The molecule has 0 saturated heterocycles. The number of nitrogens with zero attached hydrogens (tertiary/aromatic N) is 2. The third-order valence-corrected chi connectivity index (χ3v) is 2.69. The Kier molecular flexibility index (Phi) is 3.50. The molecule has 100 valence electrons. The van der Waals surface area contributed by atoms with E-state index in [-0.39, 0.29) is 12.2 Å². The van der Waals surface area contributed by atoms with Crippen LogP contribution in [0.25, 0.3) is 11.1 Å². The van der Waals surface area contributed by atoms with Crippen LogP contribution in [-0.2, 0) is 18.3 Å². The van der Waals surface area contributed by atoms with E-state index in [4.69, 9.17) is 9.84 Å². The average Bonchev–Trinajstić information content (AvgIpc) is 2.69. The molecule has 0 saturated carbocycles. The van der Waals surface area contributed by atoms with Crippen molar-refractivity contribution in [3.05, 3.63) is 35.9 Å². The zero-order valence-corrected chi connectivity index (χ0v) is 10.6. The Morgan fingerprint density at radius 1 is 1.53 bits per heavy atom. The van der Waals surface area contributed by atoms with Gasteiger partial charge in [-0.2, -0.15) is 5.10 Å². The predicted octanol–water partition coefficient (Wildman–Crippen LogP) is 1.86. The summed E-state index contributed by atoms with van der Waals surface area (Å²) in [5.74, 6) is -1.33. The molecule has 0 bridgehead atoms. The molecule has 0 aliphatic carbocycles. The minimum Gasteiger partial charge on any atom is -0.494 e. The predicted molar refractivity (Wildman–Crippen MR) is 66.5 cm³/mol. The monoisotopic (exact) mass is 264 g/mol. The summed E-state index contributed by atoms with van der Waals surface area (Å²) in [7, 11) is 3.08. The largest absolute Gasteiger partial charge is 0.494 e. The highest BCUT2D eigenvalue weighted by Crippen LogP contribution is 2.27. The number of carboxylic acid groups (broad SMARTS) is 1. The van der Waals surface area contributed by atoms with Gasteiger partial charge in [0.25, 0.3) is 0 Å². The molecule has 0 fully saturated rings. The number of carbonyl (C=O) groups is 1. The molecular weight excluding hydrogens is 251 g/mol. The number of hydrogen-bond donors (Lipinski definition) is 1. The van der Waals surface area contributed by atoms with E-state index in [1.807, 2.05) is 0 Å². The van der Waals surface area contributed by atoms with E-state index in [0.717, 1.165) is 0 Å². The number of aryl methyl sites for hydroxylation is 1. The Balaban J connectivity index is 2.46. The van der Waals surface area contributed by atoms with Crippen LogP contribution in [0.2, 0.25) is 0 Å². The van der Waals surface area contributed by atoms with Crippen LogP contribution in [0.5, 0.6) is 5.75 Å². The van der Waals surface area contributed by atoms with Crippen molar-refractivity contribution < 1.29 is 19.0 Å². The van der Waals surface area contributed by atoms with Crippen molar-refractivity contribution in [3.8, 4) is 16.9 Å². The molecule has 1 aromatic heterocycles. The smallest absolute Gasteiger partial charge is 0.309 e. The summed E-state index contributed by atoms with van der Waals surface area (Å²) >= 11 is 0. The van der Waals surface area contributed by atoms with Gasteiger partial charge in [0, 0.05) is 18.8 Å². The summed E-state index contributed by atoms with van der Waals surface area (Å²) in [4.78, 5) is 10.8. The van der Waals surface area contributed by atoms with Gasteiger partial charge in [-0.15, -0.1) is 0 Å². The maximum atomic E-state index is 13.7. The normalized spacial score (nSPS) is 10.5. The topological polar surface area (TPSA) is 64.4 Å². The van der Waals surface area contributed by atoms with Crippen molar-refractivity contribution in [2.75, 3.05) is 7.11 Å². The highest BCUT2D eigenvalue weighted by Gasteiger charge is 2.14. The molecule has 1 N–H and O–H groups in total. The summed E-state index contributed by atoms with van der Waals surface area (Å²) in [5.41, 5.74) is 1.58. The molecule has 0 amide bonds. The van der Waals surface area contributed by atoms with Crippen LogP contribution in [-0.4, -0.2) is 28.0 Å². The molecule has 0 spiro atoms. The highest BCUT2D eigenvalue weighted by molar-refractivity contribution is 5.75. The van der Waals surface area contributed by atoms with Gasteiger partial charge in [-0.3, -0.25) is 9.48 Å². The summed E-state index contributed by atoms with van der Waals surface area (Å²) < 4.78 is 20.0. The fourth-order valence-corrected chi connectivity index (χ4v) is 1.88. The number of benzene rings is 1. The number of methoxy groups -OCH3 is 1. The lowest BCUT2D eigenvalue weighted by molar-refractivity contribution is -0.136.